The Kier molecular flexibility index (Phi) is 3.16. The Bertz CT molecular complexity index is 281. The molecule has 0 unspecified atom stereocenters. The Labute approximate surface area is 79.1 Å². The average molecular weight is 205 g/mol. The first-order valence-electron chi connectivity index (χ1n) is 3.99. The third-order valence-corrected chi connectivity index (χ3v) is 1.50. The van der Waals surface area contributed by atoms with E-state index >= 15 is 0 Å². The van der Waals surface area contributed by atoms with Crippen LogP contribution in [0.5, 0.6) is 0 Å². The summed E-state index contributed by atoms with van der Waals surface area (Å²) in [6.07, 6.45) is -3.63. The Morgan fingerprint density at radius 1 is 1.36 bits per heavy atom. The van der Waals surface area contributed by atoms with E-state index in [1.807, 2.05) is 0 Å². The molecule has 3 nitrogen and oxygen atoms in total. The Hall–Kier alpha value is -1.46. The lowest BCUT2D eigenvalue weighted by atomic mass is 10.4. The minimum absolute atomic E-state index is 0.180. The molecule has 78 valence electrons. The summed E-state index contributed by atoms with van der Waals surface area (Å²) >= 11 is 0. The topological polar surface area (TPSA) is 50.9 Å². The van der Waals surface area contributed by atoms with Gasteiger partial charge in [0.25, 0.3) is 0 Å². The molecule has 0 saturated heterocycles. The number of halogens is 3. The van der Waals surface area contributed by atoms with Crippen LogP contribution in [0.15, 0.2) is 18.3 Å². The van der Waals surface area contributed by atoms with Crippen molar-refractivity contribution in [3.8, 4) is 0 Å². The number of alkyl halides is 3. The summed E-state index contributed by atoms with van der Waals surface area (Å²) in [6, 6.07) is 3.11. The summed E-state index contributed by atoms with van der Waals surface area (Å²) in [5.41, 5.74) is 5.83. The van der Waals surface area contributed by atoms with Crippen molar-refractivity contribution in [3.63, 3.8) is 0 Å². The van der Waals surface area contributed by atoms with Gasteiger partial charge in [-0.05, 0) is 12.1 Å². The molecule has 1 rings (SSSR count). The van der Waals surface area contributed by atoms with Crippen LogP contribution in [0.4, 0.5) is 24.7 Å². The molecule has 0 saturated carbocycles. The molecule has 0 bridgehead atoms. The lowest BCUT2D eigenvalue weighted by Gasteiger charge is -2.07. The molecule has 0 aliphatic carbocycles. The number of hydrogen-bond donors (Lipinski definition) is 2. The van der Waals surface area contributed by atoms with Crippen molar-refractivity contribution in [2.45, 2.75) is 12.6 Å². The zero-order valence-corrected chi connectivity index (χ0v) is 7.30. The first-order chi connectivity index (χ1) is 6.47. The molecule has 14 heavy (non-hydrogen) atoms. The lowest BCUT2D eigenvalue weighted by molar-refractivity contribution is -0.131. The van der Waals surface area contributed by atoms with Gasteiger partial charge in [0.2, 0.25) is 0 Å². The minimum atomic E-state index is -4.14. The highest BCUT2D eigenvalue weighted by Gasteiger charge is 2.26. The van der Waals surface area contributed by atoms with Crippen LogP contribution in [0.1, 0.15) is 6.42 Å². The van der Waals surface area contributed by atoms with Crippen LogP contribution in [0.3, 0.4) is 0 Å². The van der Waals surface area contributed by atoms with Gasteiger partial charge in [-0.2, -0.15) is 13.2 Å². The van der Waals surface area contributed by atoms with Crippen molar-refractivity contribution >= 4 is 11.5 Å². The second-order valence-corrected chi connectivity index (χ2v) is 2.77. The molecule has 0 atom stereocenters. The Balaban J connectivity index is 2.35. The fourth-order valence-corrected chi connectivity index (χ4v) is 0.842. The van der Waals surface area contributed by atoms with Crippen LogP contribution in [0, 0.1) is 0 Å². The number of rotatable bonds is 3. The number of nitrogens with one attached hydrogen (secondary N) is 1. The minimum Gasteiger partial charge on any atom is -0.397 e. The van der Waals surface area contributed by atoms with E-state index in [1.54, 1.807) is 6.07 Å². The summed E-state index contributed by atoms with van der Waals surface area (Å²) in [6.45, 7) is -0.180. The molecule has 0 aliphatic rings. The van der Waals surface area contributed by atoms with Gasteiger partial charge in [-0.15, -0.1) is 0 Å². The fourth-order valence-electron chi connectivity index (χ4n) is 0.842. The van der Waals surface area contributed by atoms with Crippen molar-refractivity contribution in [1.82, 2.24) is 4.98 Å². The second-order valence-electron chi connectivity index (χ2n) is 2.77. The maximum absolute atomic E-state index is 11.7. The first-order valence-corrected chi connectivity index (χ1v) is 3.99. The molecular weight excluding hydrogens is 195 g/mol. The van der Waals surface area contributed by atoms with E-state index in [1.165, 1.54) is 12.3 Å². The zero-order chi connectivity index (χ0) is 10.6. The summed E-state index contributed by atoms with van der Waals surface area (Å²) in [4.78, 5) is 3.79. The van der Waals surface area contributed by atoms with Crippen LogP contribution in [-0.4, -0.2) is 17.7 Å². The van der Waals surface area contributed by atoms with E-state index in [-0.39, 0.29) is 6.54 Å². The molecule has 3 N–H and O–H groups in total. The molecule has 0 aliphatic heterocycles. The van der Waals surface area contributed by atoms with Gasteiger partial charge in [0, 0.05) is 6.54 Å². The molecule has 0 radical (unpaired) electrons. The van der Waals surface area contributed by atoms with Gasteiger partial charge in [0.05, 0.1) is 18.3 Å². The molecule has 0 amide bonds. The molecule has 1 aromatic rings. The maximum atomic E-state index is 11.7. The molecule has 1 heterocycles. The molecule has 0 fully saturated rings. The van der Waals surface area contributed by atoms with Gasteiger partial charge in [0.1, 0.15) is 5.82 Å². The number of nitrogens with zero attached hydrogens (tertiary/aromatic N) is 1. The Morgan fingerprint density at radius 2 is 2.07 bits per heavy atom. The smallest absolute Gasteiger partial charge is 0.390 e. The van der Waals surface area contributed by atoms with Gasteiger partial charge in [-0.25, -0.2) is 4.98 Å². The molecule has 1 aromatic heterocycles. The number of nitrogens with two attached hydrogens (primary N) is 1. The average Bonchev–Trinajstić information content (AvgIpc) is 2.06. The van der Waals surface area contributed by atoms with E-state index in [4.69, 9.17) is 5.73 Å². The van der Waals surface area contributed by atoms with E-state index in [0.29, 0.717) is 11.5 Å². The predicted octanol–water partition coefficient (Wildman–Crippen LogP) is 2.03. The highest BCUT2D eigenvalue weighted by molar-refractivity contribution is 5.43. The molecule has 6 heteroatoms. The number of pyridine rings is 1. The van der Waals surface area contributed by atoms with Crippen molar-refractivity contribution < 1.29 is 13.2 Å². The van der Waals surface area contributed by atoms with Gasteiger partial charge < -0.3 is 11.1 Å². The van der Waals surface area contributed by atoms with Crippen molar-refractivity contribution in [2.75, 3.05) is 17.6 Å². The van der Waals surface area contributed by atoms with Crippen LogP contribution in [0.2, 0.25) is 0 Å². The normalized spacial score (nSPS) is 11.4. The van der Waals surface area contributed by atoms with E-state index < -0.39 is 12.6 Å². The largest absolute Gasteiger partial charge is 0.397 e. The Morgan fingerprint density at radius 3 is 2.57 bits per heavy atom. The summed E-state index contributed by atoms with van der Waals surface area (Å²) in [7, 11) is 0. The maximum Gasteiger partial charge on any atom is 0.390 e. The third kappa shape index (κ3) is 3.97. The molecular formula is C8H10F3N3. The van der Waals surface area contributed by atoms with E-state index in [2.05, 4.69) is 10.3 Å². The predicted molar refractivity (Wildman–Crippen MR) is 47.8 cm³/mol. The van der Waals surface area contributed by atoms with Crippen molar-refractivity contribution in [2.24, 2.45) is 0 Å². The van der Waals surface area contributed by atoms with Crippen LogP contribution in [0.25, 0.3) is 0 Å². The highest BCUT2D eigenvalue weighted by Crippen LogP contribution is 2.19. The molecule has 0 spiro atoms. The zero-order valence-electron chi connectivity index (χ0n) is 7.30. The third-order valence-electron chi connectivity index (χ3n) is 1.50. The van der Waals surface area contributed by atoms with Crippen LogP contribution in [-0.2, 0) is 0 Å². The van der Waals surface area contributed by atoms with Gasteiger partial charge in [0.15, 0.2) is 0 Å². The monoisotopic (exact) mass is 205 g/mol. The number of hydrogen-bond acceptors (Lipinski definition) is 3. The van der Waals surface area contributed by atoms with Crippen LogP contribution < -0.4 is 11.1 Å². The van der Waals surface area contributed by atoms with Crippen molar-refractivity contribution in [3.05, 3.63) is 18.3 Å². The van der Waals surface area contributed by atoms with E-state index in [9.17, 15) is 13.2 Å². The van der Waals surface area contributed by atoms with Gasteiger partial charge in [-0.3, -0.25) is 0 Å². The van der Waals surface area contributed by atoms with Gasteiger partial charge >= 0.3 is 6.18 Å². The quantitative estimate of drug-likeness (QED) is 0.793. The lowest BCUT2D eigenvalue weighted by Crippen LogP contribution is -2.15. The summed E-state index contributed by atoms with van der Waals surface area (Å²) in [5, 5.41) is 2.54. The number of aromatic nitrogens is 1. The molecule has 0 aromatic carbocycles. The van der Waals surface area contributed by atoms with Gasteiger partial charge in [-0.1, -0.05) is 0 Å². The number of nitrogen functional groups attached to an aromatic ring is 1. The first kappa shape index (κ1) is 10.6. The highest BCUT2D eigenvalue weighted by atomic mass is 19.4. The van der Waals surface area contributed by atoms with E-state index in [0.717, 1.165) is 0 Å². The SMILES string of the molecule is Nc1ccc(NCCC(F)(F)F)nc1. The summed E-state index contributed by atoms with van der Waals surface area (Å²) in [5.74, 6) is 0.392. The summed E-state index contributed by atoms with van der Waals surface area (Å²) < 4.78 is 35.2. The fraction of sp³-hybridized carbons (Fsp3) is 0.375. The number of anilines is 2. The second kappa shape index (κ2) is 4.17. The van der Waals surface area contributed by atoms with Crippen molar-refractivity contribution in [1.29, 1.82) is 0 Å². The standard InChI is InChI=1S/C8H10F3N3/c9-8(10,11)3-4-13-7-2-1-6(12)5-14-7/h1-2,5H,3-4,12H2,(H,13,14). The van der Waals surface area contributed by atoms with Crippen LogP contribution >= 0.6 is 0 Å².